The van der Waals surface area contributed by atoms with Crippen molar-refractivity contribution in [3.05, 3.63) is 29.8 Å². The fourth-order valence-electron chi connectivity index (χ4n) is 2.32. The van der Waals surface area contributed by atoms with Gasteiger partial charge in [-0.2, -0.15) is 0 Å². The second kappa shape index (κ2) is 6.93. The van der Waals surface area contributed by atoms with Gasteiger partial charge >= 0.3 is 5.97 Å². The molecule has 22 heavy (non-hydrogen) atoms. The molecule has 1 atom stereocenters. The largest absolute Gasteiger partial charge is 0.497 e. The smallest absolute Gasteiger partial charge is 0.308 e. The number of aliphatic carboxylic acids is 1. The zero-order chi connectivity index (χ0) is 16.1. The van der Waals surface area contributed by atoms with Crippen molar-refractivity contribution in [2.75, 3.05) is 26.7 Å². The molecule has 1 aromatic carbocycles. The molecule has 1 aliphatic heterocycles. The van der Waals surface area contributed by atoms with E-state index in [1.54, 1.807) is 24.3 Å². The average molecular weight is 306 g/mol. The molecule has 1 saturated heterocycles. The summed E-state index contributed by atoms with van der Waals surface area (Å²) in [5.41, 5.74) is 0.468. The van der Waals surface area contributed by atoms with Gasteiger partial charge in [-0.05, 0) is 18.2 Å². The van der Waals surface area contributed by atoms with Crippen LogP contribution in [0, 0.1) is 5.92 Å². The van der Waals surface area contributed by atoms with Gasteiger partial charge in [-0.1, -0.05) is 6.07 Å². The Morgan fingerprint density at radius 2 is 2.23 bits per heavy atom. The van der Waals surface area contributed by atoms with Gasteiger partial charge in [0.15, 0.2) is 0 Å². The number of rotatable bonds is 6. The number of hydrogen-bond acceptors (Lipinski definition) is 4. The Morgan fingerprint density at radius 1 is 1.45 bits per heavy atom. The highest BCUT2D eigenvalue weighted by molar-refractivity contribution is 5.94. The number of carboxylic acids is 1. The Morgan fingerprint density at radius 3 is 2.86 bits per heavy atom. The van der Waals surface area contributed by atoms with Crippen LogP contribution in [0.1, 0.15) is 16.8 Å². The third-order valence-corrected chi connectivity index (χ3v) is 3.56. The van der Waals surface area contributed by atoms with Crippen LogP contribution in [0.25, 0.3) is 0 Å². The van der Waals surface area contributed by atoms with E-state index in [9.17, 15) is 14.4 Å². The Bertz CT molecular complexity index is 587. The van der Waals surface area contributed by atoms with Gasteiger partial charge in [-0.15, -0.1) is 0 Å². The lowest BCUT2D eigenvalue weighted by molar-refractivity contribution is -0.141. The van der Waals surface area contributed by atoms with Crippen LogP contribution in [0.2, 0.25) is 0 Å². The molecule has 1 aliphatic rings. The van der Waals surface area contributed by atoms with E-state index in [0.29, 0.717) is 17.9 Å². The standard InChI is InChI=1S/C15H18N2O5/c1-22-12-4-2-3-10(7-12)14(19)16-5-6-17-9-11(15(20)21)8-13(17)18/h2-4,7,11H,5-6,8-9H2,1H3,(H,16,19)(H,20,21). The van der Waals surface area contributed by atoms with E-state index >= 15 is 0 Å². The van der Waals surface area contributed by atoms with Crippen LogP contribution in [0.4, 0.5) is 0 Å². The molecule has 7 heteroatoms. The monoisotopic (exact) mass is 306 g/mol. The average Bonchev–Trinajstić information content (AvgIpc) is 2.89. The van der Waals surface area contributed by atoms with Gasteiger partial charge in [-0.3, -0.25) is 14.4 Å². The topological polar surface area (TPSA) is 95.9 Å². The molecule has 2 N–H and O–H groups in total. The lowest BCUT2D eigenvalue weighted by Crippen LogP contribution is -2.36. The molecule has 0 aliphatic carbocycles. The lowest BCUT2D eigenvalue weighted by Gasteiger charge is -2.16. The van der Waals surface area contributed by atoms with Crippen molar-refractivity contribution in [1.82, 2.24) is 10.2 Å². The number of carbonyl (C=O) groups is 3. The summed E-state index contributed by atoms with van der Waals surface area (Å²) < 4.78 is 5.05. The van der Waals surface area contributed by atoms with E-state index in [4.69, 9.17) is 9.84 Å². The fourth-order valence-corrected chi connectivity index (χ4v) is 2.32. The molecule has 0 aromatic heterocycles. The highest BCUT2D eigenvalue weighted by Gasteiger charge is 2.33. The molecule has 2 rings (SSSR count). The van der Waals surface area contributed by atoms with Crippen LogP contribution in [0.5, 0.6) is 5.75 Å². The third-order valence-electron chi connectivity index (χ3n) is 3.56. The van der Waals surface area contributed by atoms with Crippen molar-refractivity contribution in [3.63, 3.8) is 0 Å². The molecular formula is C15H18N2O5. The second-order valence-electron chi connectivity index (χ2n) is 5.07. The predicted molar refractivity (Wildman–Crippen MR) is 77.7 cm³/mol. The molecule has 1 aromatic rings. The molecule has 118 valence electrons. The number of benzene rings is 1. The molecule has 1 heterocycles. The van der Waals surface area contributed by atoms with Crippen LogP contribution in [-0.2, 0) is 9.59 Å². The van der Waals surface area contributed by atoms with Crippen LogP contribution in [0.3, 0.4) is 0 Å². The number of hydrogen-bond donors (Lipinski definition) is 2. The minimum atomic E-state index is -0.962. The van der Waals surface area contributed by atoms with E-state index in [2.05, 4.69) is 5.32 Å². The minimum absolute atomic E-state index is 0.0269. The second-order valence-corrected chi connectivity index (χ2v) is 5.07. The van der Waals surface area contributed by atoms with Crippen LogP contribution < -0.4 is 10.1 Å². The summed E-state index contributed by atoms with van der Waals surface area (Å²) in [6, 6.07) is 6.75. The summed E-state index contributed by atoms with van der Waals surface area (Å²) in [6.45, 7) is 0.773. The van der Waals surface area contributed by atoms with Crippen LogP contribution in [0.15, 0.2) is 24.3 Å². The number of carbonyl (C=O) groups excluding carboxylic acids is 2. The normalized spacial score (nSPS) is 17.4. The summed E-state index contributed by atoms with van der Waals surface area (Å²) in [4.78, 5) is 36.0. The number of nitrogens with one attached hydrogen (secondary N) is 1. The Labute approximate surface area is 127 Å². The van der Waals surface area contributed by atoms with Gasteiger partial charge in [0.2, 0.25) is 5.91 Å². The van der Waals surface area contributed by atoms with E-state index in [0.717, 1.165) is 0 Å². The zero-order valence-corrected chi connectivity index (χ0v) is 12.2. The summed E-state index contributed by atoms with van der Waals surface area (Å²) in [7, 11) is 1.52. The molecule has 0 spiro atoms. The maximum absolute atomic E-state index is 12.0. The van der Waals surface area contributed by atoms with E-state index in [-0.39, 0.29) is 31.3 Å². The first-order valence-corrected chi connectivity index (χ1v) is 6.94. The highest BCUT2D eigenvalue weighted by Crippen LogP contribution is 2.17. The number of amides is 2. The molecular weight excluding hydrogens is 288 g/mol. The Kier molecular flexibility index (Phi) is 4.98. The number of likely N-dealkylation sites (tertiary alicyclic amines) is 1. The fraction of sp³-hybridized carbons (Fsp3) is 0.400. The first kappa shape index (κ1) is 15.8. The van der Waals surface area contributed by atoms with Gasteiger partial charge in [0.1, 0.15) is 5.75 Å². The molecule has 0 bridgehead atoms. The van der Waals surface area contributed by atoms with E-state index in [1.807, 2.05) is 0 Å². The lowest BCUT2D eigenvalue weighted by atomic mass is 10.1. The van der Waals surface area contributed by atoms with E-state index in [1.165, 1.54) is 12.0 Å². The molecule has 0 saturated carbocycles. The van der Waals surface area contributed by atoms with Crippen molar-refractivity contribution in [3.8, 4) is 5.75 Å². The third kappa shape index (κ3) is 3.75. The number of ether oxygens (including phenoxy) is 1. The number of carboxylic acid groups (broad SMARTS) is 1. The maximum atomic E-state index is 12.0. The quantitative estimate of drug-likeness (QED) is 0.791. The molecule has 7 nitrogen and oxygen atoms in total. The van der Waals surface area contributed by atoms with Crippen molar-refractivity contribution in [2.24, 2.45) is 5.92 Å². The summed E-state index contributed by atoms with van der Waals surface area (Å²) in [5.74, 6) is -1.48. The Hall–Kier alpha value is -2.57. The van der Waals surface area contributed by atoms with Crippen molar-refractivity contribution >= 4 is 17.8 Å². The zero-order valence-electron chi connectivity index (χ0n) is 12.2. The molecule has 0 radical (unpaired) electrons. The van der Waals surface area contributed by atoms with Crippen molar-refractivity contribution in [2.45, 2.75) is 6.42 Å². The molecule has 1 unspecified atom stereocenters. The van der Waals surface area contributed by atoms with E-state index < -0.39 is 11.9 Å². The first-order chi connectivity index (χ1) is 10.5. The minimum Gasteiger partial charge on any atom is -0.497 e. The number of methoxy groups -OCH3 is 1. The van der Waals surface area contributed by atoms with Crippen molar-refractivity contribution < 1.29 is 24.2 Å². The SMILES string of the molecule is COc1cccc(C(=O)NCCN2CC(C(=O)O)CC2=O)c1. The summed E-state index contributed by atoms with van der Waals surface area (Å²) in [5, 5.41) is 11.6. The van der Waals surface area contributed by atoms with Gasteiger partial charge in [0, 0.05) is 31.6 Å². The summed E-state index contributed by atoms with van der Waals surface area (Å²) >= 11 is 0. The van der Waals surface area contributed by atoms with Crippen LogP contribution >= 0.6 is 0 Å². The van der Waals surface area contributed by atoms with Gasteiger partial charge in [-0.25, -0.2) is 0 Å². The van der Waals surface area contributed by atoms with Gasteiger partial charge in [0.25, 0.3) is 5.91 Å². The highest BCUT2D eigenvalue weighted by atomic mass is 16.5. The van der Waals surface area contributed by atoms with Crippen molar-refractivity contribution in [1.29, 1.82) is 0 Å². The molecule has 2 amide bonds. The van der Waals surface area contributed by atoms with Gasteiger partial charge < -0.3 is 20.1 Å². The van der Waals surface area contributed by atoms with Gasteiger partial charge in [0.05, 0.1) is 13.0 Å². The molecule has 1 fully saturated rings. The maximum Gasteiger partial charge on any atom is 0.308 e. The van der Waals surface area contributed by atoms with Crippen LogP contribution in [-0.4, -0.2) is 54.5 Å². The Balaban J connectivity index is 1.82. The predicted octanol–water partition coefficient (Wildman–Crippen LogP) is 0.358. The summed E-state index contributed by atoms with van der Waals surface area (Å²) in [6.07, 6.45) is 0.0269. The first-order valence-electron chi connectivity index (χ1n) is 6.94. The number of nitrogens with zero attached hydrogens (tertiary/aromatic N) is 1.